The standard InChI is InChI=1S/C25H32N4O8/c1-28(2)9-15(31)27-13-5-6-14(30)17-11(13)7-10-8-12-19(29(3)4)21(33)18(24(26)36)23(35)25(12,37)22(34)16(10)20(17)32/h5-6,10,12,18-19,21,30,32-33,37H,7-9H2,1-4H3,(H2,26,36)(H,27,31)/t10-,12-,18?,19-,21?,25-/m1/s1. The second kappa shape index (κ2) is 9.21. The fourth-order valence-electron chi connectivity index (χ4n) is 6.20. The molecule has 2 amide bonds. The molecule has 2 fully saturated rings. The number of nitrogens with one attached hydrogen (secondary N) is 1. The predicted octanol–water partition coefficient (Wildman–Crippen LogP) is -1.37. The van der Waals surface area contributed by atoms with E-state index in [1.165, 1.54) is 17.0 Å². The molecule has 4 rings (SSSR count). The molecule has 12 heteroatoms. The first kappa shape index (κ1) is 26.7. The van der Waals surface area contributed by atoms with Crippen LogP contribution < -0.4 is 11.1 Å². The van der Waals surface area contributed by atoms with Crippen molar-refractivity contribution in [3.8, 4) is 5.75 Å². The number of aromatic hydroxyl groups is 1. The van der Waals surface area contributed by atoms with Gasteiger partial charge >= 0.3 is 0 Å². The number of ketones is 2. The Labute approximate surface area is 213 Å². The number of rotatable bonds is 5. The molecule has 7 N–H and O–H groups in total. The van der Waals surface area contributed by atoms with E-state index in [0.717, 1.165) is 0 Å². The molecular formula is C25H32N4O8. The number of phenolic OH excluding ortho intramolecular Hbond substituents is 1. The smallest absolute Gasteiger partial charge is 0.238 e. The molecular weight excluding hydrogens is 484 g/mol. The summed E-state index contributed by atoms with van der Waals surface area (Å²) in [7, 11) is 6.63. The minimum absolute atomic E-state index is 0.00105. The number of nitrogens with two attached hydrogens (primary N) is 1. The van der Waals surface area contributed by atoms with E-state index in [1.54, 1.807) is 33.1 Å². The number of phenols is 1. The van der Waals surface area contributed by atoms with Crippen molar-refractivity contribution in [1.29, 1.82) is 0 Å². The molecule has 6 atom stereocenters. The third-order valence-corrected chi connectivity index (χ3v) is 7.71. The maximum Gasteiger partial charge on any atom is 0.238 e. The molecule has 1 aromatic carbocycles. The monoisotopic (exact) mass is 516 g/mol. The summed E-state index contributed by atoms with van der Waals surface area (Å²) in [6, 6.07) is 1.78. The number of hydrogen-bond donors (Lipinski definition) is 6. The minimum Gasteiger partial charge on any atom is -0.507 e. The lowest BCUT2D eigenvalue weighted by atomic mass is 9.54. The molecule has 2 unspecified atom stereocenters. The number of amides is 2. The van der Waals surface area contributed by atoms with Gasteiger partial charge in [-0.05, 0) is 64.6 Å². The molecule has 0 heterocycles. The Bertz CT molecular complexity index is 1230. The predicted molar refractivity (Wildman–Crippen MR) is 131 cm³/mol. The molecule has 0 bridgehead atoms. The fraction of sp³-hybridized carbons (Fsp3) is 0.520. The highest BCUT2D eigenvalue weighted by molar-refractivity contribution is 6.25. The summed E-state index contributed by atoms with van der Waals surface area (Å²) in [5, 5.41) is 47.0. The van der Waals surface area contributed by atoms with E-state index in [0.29, 0.717) is 11.3 Å². The molecule has 1 aromatic rings. The lowest BCUT2D eigenvalue weighted by molar-refractivity contribution is -0.184. The van der Waals surface area contributed by atoms with Crippen LogP contribution in [-0.4, -0.2) is 106 Å². The van der Waals surface area contributed by atoms with E-state index in [2.05, 4.69) is 5.32 Å². The first-order valence-electron chi connectivity index (χ1n) is 11.9. The van der Waals surface area contributed by atoms with Crippen molar-refractivity contribution in [3.63, 3.8) is 0 Å². The van der Waals surface area contributed by atoms with Crippen LogP contribution in [0, 0.1) is 17.8 Å². The molecule has 3 aliphatic rings. The molecule has 2 saturated carbocycles. The fourth-order valence-corrected chi connectivity index (χ4v) is 6.20. The van der Waals surface area contributed by atoms with Gasteiger partial charge in [-0.1, -0.05) is 0 Å². The summed E-state index contributed by atoms with van der Waals surface area (Å²) in [6.07, 6.45) is -1.46. The zero-order chi connectivity index (χ0) is 27.6. The Morgan fingerprint density at radius 2 is 1.81 bits per heavy atom. The number of anilines is 1. The van der Waals surface area contributed by atoms with Gasteiger partial charge in [-0.25, -0.2) is 0 Å². The van der Waals surface area contributed by atoms with Gasteiger partial charge in [-0.15, -0.1) is 0 Å². The zero-order valence-electron chi connectivity index (χ0n) is 21.1. The summed E-state index contributed by atoms with van der Waals surface area (Å²) < 4.78 is 0. The highest BCUT2D eigenvalue weighted by Crippen LogP contribution is 2.52. The van der Waals surface area contributed by atoms with Crippen molar-refractivity contribution in [2.45, 2.75) is 30.6 Å². The summed E-state index contributed by atoms with van der Waals surface area (Å²) in [5.74, 6) is -8.39. The van der Waals surface area contributed by atoms with Gasteiger partial charge in [0.2, 0.25) is 17.6 Å². The van der Waals surface area contributed by atoms with Crippen molar-refractivity contribution in [2.24, 2.45) is 23.5 Å². The normalized spacial score (nSPS) is 31.2. The van der Waals surface area contributed by atoms with E-state index >= 15 is 0 Å². The van der Waals surface area contributed by atoms with Crippen molar-refractivity contribution in [1.82, 2.24) is 9.80 Å². The Hall–Kier alpha value is -3.32. The van der Waals surface area contributed by atoms with E-state index in [-0.39, 0.29) is 42.2 Å². The van der Waals surface area contributed by atoms with Gasteiger partial charge in [0, 0.05) is 23.2 Å². The third-order valence-electron chi connectivity index (χ3n) is 7.71. The van der Waals surface area contributed by atoms with E-state index in [1.807, 2.05) is 0 Å². The van der Waals surface area contributed by atoms with Gasteiger partial charge in [0.05, 0.1) is 18.2 Å². The van der Waals surface area contributed by atoms with Gasteiger partial charge in [0.1, 0.15) is 17.4 Å². The third kappa shape index (κ3) is 4.00. The van der Waals surface area contributed by atoms with E-state index < -0.39 is 58.7 Å². The molecule has 200 valence electrons. The van der Waals surface area contributed by atoms with Gasteiger partial charge in [-0.2, -0.15) is 0 Å². The molecule has 0 aromatic heterocycles. The van der Waals surface area contributed by atoms with Crippen LogP contribution >= 0.6 is 0 Å². The Kier molecular flexibility index (Phi) is 6.65. The Balaban J connectivity index is 1.86. The number of aliphatic hydroxyl groups excluding tert-OH is 2. The molecule has 3 aliphatic carbocycles. The van der Waals surface area contributed by atoms with Crippen LogP contribution in [0.1, 0.15) is 17.5 Å². The number of primary amides is 1. The van der Waals surface area contributed by atoms with E-state index in [4.69, 9.17) is 5.73 Å². The van der Waals surface area contributed by atoms with Gasteiger partial charge < -0.3 is 41.3 Å². The quantitative estimate of drug-likeness (QED) is 0.201. The van der Waals surface area contributed by atoms with Crippen LogP contribution in [0.15, 0.2) is 17.7 Å². The van der Waals surface area contributed by atoms with Gasteiger partial charge in [0.25, 0.3) is 0 Å². The molecule has 37 heavy (non-hydrogen) atoms. The molecule has 0 aliphatic heterocycles. The summed E-state index contributed by atoms with van der Waals surface area (Å²) in [5.41, 5.74) is 3.08. The van der Waals surface area contributed by atoms with Crippen molar-refractivity contribution in [3.05, 3.63) is 28.8 Å². The zero-order valence-corrected chi connectivity index (χ0v) is 21.1. The van der Waals surface area contributed by atoms with Crippen LogP contribution in [-0.2, 0) is 25.6 Å². The number of nitrogens with zero attached hydrogens (tertiary/aromatic N) is 2. The Morgan fingerprint density at radius 1 is 1.16 bits per heavy atom. The number of benzene rings is 1. The number of carbonyl (C=O) groups is 4. The lowest BCUT2D eigenvalue weighted by Crippen LogP contribution is -2.73. The SMILES string of the molecule is CN(C)CC(=O)Nc1ccc(O)c2c1C[C@@H]1C[C@@H]3[C@@H](N(C)C)C(O)C(C(N)=O)C(=O)[C@]3(O)C(=O)C1=C2O. The highest BCUT2D eigenvalue weighted by Gasteiger charge is 2.67. The van der Waals surface area contributed by atoms with Crippen LogP contribution in [0.3, 0.4) is 0 Å². The second-order valence-electron chi connectivity index (χ2n) is 10.6. The molecule has 0 saturated heterocycles. The summed E-state index contributed by atoms with van der Waals surface area (Å²) in [6.45, 7) is 0.0886. The van der Waals surface area contributed by atoms with Crippen LogP contribution in [0.2, 0.25) is 0 Å². The first-order valence-corrected chi connectivity index (χ1v) is 11.9. The summed E-state index contributed by atoms with van der Waals surface area (Å²) in [4.78, 5) is 54.8. The number of carbonyl (C=O) groups excluding carboxylic acids is 4. The first-order chi connectivity index (χ1) is 17.2. The summed E-state index contributed by atoms with van der Waals surface area (Å²) >= 11 is 0. The topological polar surface area (TPSA) is 194 Å². The molecule has 12 nitrogen and oxygen atoms in total. The molecule has 0 spiro atoms. The highest BCUT2D eigenvalue weighted by atomic mass is 16.3. The van der Waals surface area contributed by atoms with E-state index in [9.17, 15) is 39.6 Å². The number of fused-ring (bicyclic) bond motifs is 3. The average Bonchev–Trinajstić information content (AvgIpc) is 2.77. The van der Waals surface area contributed by atoms with Crippen LogP contribution in [0.5, 0.6) is 5.75 Å². The lowest BCUT2D eigenvalue weighted by Gasteiger charge is -2.53. The number of likely N-dealkylation sites (N-methyl/N-ethyl adjacent to an activating group) is 2. The van der Waals surface area contributed by atoms with Gasteiger partial charge in [-0.3, -0.25) is 19.2 Å². The van der Waals surface area contributed by atoms with Crippen molar-refractivity contribution < 1.29 is 39.6 Å². The number of Topliss-reactive ketones (excluding diaryl/α,β-unsaturated/α-hetero) is 2. The molecule has 0 radical (unpaired) electrons. The van der Waals surface area contributed by atoms with Crippen LogP contribution in [0.4, 0.5) is 5.69 Å². The van der Waals surface area contributed by atoms with Crippen molar-refractivity contribution >= 4 is 34.8 Å². The second-order valence-corrected chi connectivity index (χ2v) is 10.6. The minimum atomic E-state index is -2.71. The van der Waals surface area contributed by atoms with Crippen molar-refractivity contribution in [2.75, 3.05) is 40.1 Å². The number of hydrogen-bond acceptors (Lipinski definition) is 10. The van der Waals surface area contributed by atoms with Crippen LogP contribution in [0.25, 0.3) is 5.76 Å². The maximum absolute atomic E-state index is 13.8. The Morgan fingerprint density at radius 3 is 2.38 bits per heavy atom. The average molecular weight is 517 g/mol. The largest absolute Gasteiger partial charge is 0.507 e. The van der Waals surface area contributed by atoms with Gasteiger partial charge in [0.15, 0.2) is 11.4 Å². The number of aliphatic hydroxyl groups is 3. The maximum atomic E-state index is 13.8.